The highest BCUT2D eigenvalue weighted by Crippen LogP contribution is 2.30. The third-order valence-corrected chi connectivity index (χ3v) is 2.51. The summed E-state index contributed by atoms with van der Waals surface area (Å²) in [7, 11) is 1.58. The number of hydrogen-bond acceptors (Lipinski definition) is 3. The van der Waals surface area contributed by atoms with Crippen molar-refractivity contribution in [3.63, 3.8) is 0 Å². The van der Waals surface area contributed by atoms with E-state index in [9.17, 15) is 4.79 Å². The minimum absolute atomic E-state index is 0.0798. The minimum atomic E-state index is -0.372. The van der Waals surface area contributed by atoms with E-state index in [-0.39, 0.29) is 12.2 Å². The first-order chi connectivity index (χ1) is 6.74. The van der Waals surface area contributed by atoms with Crippen LogP contribution in [0.2, 0.25) is 0 Å². The molecule has 0 aromatic heterocycles. The molecule has 3 nitrogen and oxygen atoms in total. The Hall–Kier alpha value is -0.930. The molecule has 3 heteroatoms. The third-order valence-electron chi connectivity index (χ3n) is 2.51. The average molecular weight is 196 g/mol. The second-order valence-electron chi connectivity index (χ2n) is 3.26. The Bertz CT molecular complexity index is 255. The quantitative estimate of drug-likeness (QED) is 0.391. The molecule has 0 amide bonds. The van der Waals surface area contributed by atoms with E-state index in [1.807, 2.05) is 13.0 Å². The molecule has 0 spiro atoms. The lowest BCUT2D eigenvalue weighted by molar-refractivity contribution is -0.121. The largest absolute Gasteiger partial charge is 0.352 e. The van der Waals surface area contributed by atoms with Crippen LogP contribution in [0.3, 0.4) is 0 Å². The van der Waals surface area contributed by atoms with E-state index in [1.165, 1.54) is 0 Å². The Morgan fingerprint density at radius 3 is 2.93 bits per heavy atom. The highest BCUT2D eigenvalue weighted by atomic mass is 16.7. The maximum absolute atomic E-state index is 10.8. The van der Waals surface area contributed by atoms with Crippen molar-refractivity contribution in [1.82, 2.24) is 0 Å². The van der Waals surface area contributed by atoms with Crippen molar-refractivity contribution in [3.05, 3.63) is 23.8 Å². The number of hydrogen-bond donors (Lipinski definition) is 0. The van der Waals surface area contributed by atoms with Gasteiger partial charge in [-0.1, -0.05) is 12.7 Å². The van der Waals surface area contributed by atoms with E-state index < -0.39 is 0 Å². The van der Waals surface area contributed by atoms with E-state index in [0.29, 0.717) is 6.61 Å². The van der Waals surface area contributed by atoms with Gasteiger partial charge in [0.05, 0.1) is 6.61 Å². The SMILES string of the molecule is C=C1C(OC)OCCC1/C(C=O)=C\C. The zero-order chi connectivity index (χ0) is 10.6. The summed E-state index contributed by atoms with van der Waals surface area (Å²) in [6, 6.07) is 0. The molecule has 1 saturated heterocycles. The topological polar surface area (TPSA) is 35.5 Å². The van der Waals surface area contributed by atoms with E-state index >= 15 is 0 Å². The number of allylic oxidation sites excluding steroid dienone is 2. The van der Waals surface area contributed by atoms with Crippen LogP contribution in [0.5, 0.6) is 0 Å². The summed E-state index contributed by atoms with van der Waals surface area (Å²) in [4.78, 5) is 10.8. The van der Waals surface area contributed by atoms with Crippen molar-refractivity contribution in [3.8, 4) is 0 Å². The average Bonchev–Trinajstić information content (AvgIpc) is 2.22. The molecular formula is C11H16O3. The Kier molecular flexibility index (Phi) is 4.04. The van der Waals surface area contributed by atoms with Crippen molar-refractivity contribution >= 4 is 6.29 Å². The Morgan fingerprint density at radius 2 is 2.43 bits per heavy atom. The van der Waals surface area contributed by atoms with Gasteiger partial charge in [-0.15, -0.1) is 0 Å². The summed E-state index contributed by atoms with van der Waals surface area (Å²) in [6.45, 7) is 6.37. The first-order valence-corrected chi connectivity index (χ1v) is 4.69. The second-order valence-corrected chi connectivity index (χ2v) is 3.26. The fourth-order valence-corrected chi connectivity index (χ4v) is 1.70. The normalized spacial score (nSPS) is 29.0. The smallest absolute Gasteiger partial charge is 0.179 e. The Labute approximate surface area is 84.4 Å². The van der Waals surface area contributed by atoms with Crippen LogP contribution in [0, 0.1) is 5.92 Å². The number of rotatable bonds is 3. The van der Waals surface area contributed by atoms with Crippen LogP contribution < -0.4 is 0 Å². The summed E-state index contributed by atoms with van der Waals surface area (Å²) >= 11 is 0. The molecule has 0 bridgehead atoms. The zero-order valence-electron chi connectivity index (χ0n) is 8.66. The highest BCUT2D eigenvalue weighted by molar-refractivity contribution is 5.75. The van der Waals surface area contributed by atoms with Gasteiger partial charge in [0, 0.05) is 13.0 Å². The van der Waals surface area contributed by atoms with Gasteiger partial charge in [-0.25, -0.2) is 0 Å². The van der Waals surface area contributed by atoms with Crippen molar-refractivity contribution < 1.29 is 14.3 Å². The summed E-state index contributed by atoms with van der Waals surface area (Å²) in [5, 5.41) is 0. The Morgan fingerprint density at radius 1 is 1.71 bits per heavy atom. The molecule has 1 aliphatic heterocycles. The van der Waals surface area contributed by atoms with Crippen molar-refractivity contribution in [1.29, 1.82) is 0 Å². The van der Waals surface area contributed by atoms with E-state index in [1.54, 1.807) is 7.11 Å². The van der Waals surface area contributed by atoms with Crippen LogP contribution >= 0.6 is 0 Å². The molecule has 1 rings (SSSR count). The molecule has 1 fully saturated rings. The Balaban J connectivity index is 2.78. The lowest BCUT2D eigenvalue weighted by atomic mass is 9.87. The molecule has 78 valence electrons. The molecule has 1 aliphatic rings. The van der Waals surface area contributed by atoms with E-state index in [2.05, 4.69) is 6.58 Å². The fraction of sp³-hybridized carbons (Fsp3) is 0.545. The van der Waals surface area contributed by atoms with Crippen LogP contribution in [0.1, 0.15) is 13.3 Å². The molecule has 0 radical (unpaired) electrons. The summed E-state index contributed by atoms with van der Waals surface area (Å²) < 4.78 is 10.5. The first-order valence-electron chi connectivity index (χ1n) is 4.69. The highest BCUT2D eigenvalue weighted by Gasteiger charge is 2.28. The number of carbonyl (C=O) groups is 1. The van der Waals surface area contributed by atoms with Crippen molar-refractivity contribution in [2.75, 3.05) is 13.7 Å². The monoisotopic (exact) mass is 196 g/mol. The molecule has 0 aromatic carbocycles. The number of carbonyl (C=O) groups excluding carboxylic acids is 1. The van der Waals surface area contributed by atoms with Gasteiger partial charge < -0.3 is 9.47 Å². The molecule has 2 atom stereocenters. The lowest BCUT2D eigenvalue weighted by Gasteiger charge is -2.31. The van der Waals surface area contributed by atoms with Crippen LogP contribution in [-0.4, -0.2) is 26.3 Å². The summed E-state index contributed by atoms with van der Waals surface area (Å²) in [6.07, 6.45) is 3.13. The van der Waals surface area contributed by atoms with Crippen LogP contribution in [0.25, 0.3) is 0 Å². The molecule has 0 N–H and O–H groups in total. The minimum Gasteiger partial charge on any atom is -0.352 e. The molecule has 0 aliphatic carbocycles. The van der Waals surface area contributed by atoms with Crippen molar-refractivity contribution in [2.45, 2.75) is 19.6 Å². The summed E-state index contributed by atoms with van der Waals surface area (Å²) in [5.41, 5.74) is 1.60. The molecule has 1 heterocycles. The maximum Gasteiger partial charge on any atom is 0.179 e. The van der Waals surface area contributed by atoms with E-state index in [0.717, 1.165) is 23.9 Å². The van der Waals surface area contributed by atoms with Crippen LogP contribution in [0.4, 0.5) is 0 Å². The van der Waals surface area contributed by atoms with Gasteiger partial charge in [0.25, 0.3) is 0 Å². The molecule has 0 aromatic rings. The van der Waals surface area contributed by atoms with Gasteiger partial charge in [0.15, 0.2) is 6.29 Å². The number of aldehydes is 1. The number of ether oxygens (including phenoxy) is 2. The molecule has 0 saturated carbocycles. The van der Waals surface area contributed by atoms with Crippen LogP contribution in [0.15, 0.2) is 23.8 Å². The number of methoxy groups -OCH3 is 1. The standard InChI is InChI=1S/C11H16O3/c1-4-9(7-12)10-5-6-14-11(13-3)8(10)2/h4,7,10-11H,2,5-6H2,1,3H3/b9-4-. The van der Waals surface area contributed by atoms with Gasteiger partial charge in [0.1, 0.15) is 6.29 Å². The van der Waals surface area contributed by atoms with Crippen molar-refractivity contribution in [2.24, 2.45) is 5.92 Å². The molecular weight excluding hydrogens is 180 g/mol. The third kappa shape index (κ3) is 2.11. The molecule has 14 heavy (non-hydrogen) atoms. The van der Waals surface area contributed by atoms with Gasteiger partial charge in [-0.05, 0) is 24.5 Å². The fourth-order valence-electron chi connectivity index (χ4n) is 1.70. The van der Waals surface area contributed by atoms with Gasteiger partial charge in [0.2, 0.25) is 0 Å². The zero-order valence-corrected chi connectivity index (χ0v) is 8.66. The first kappa shape index (κ1) is 11.1. The van der Waals surface area contributed by atoms with Gasteiger partial charge in [-0.3, -0.25) is 4.79 Å². The predicted octanol–water partition coefficient (Wildman–Crippen LogP) is 1.70. The second kappa shape index (κ2) is 5.08. The molecule has 2 unspecified atom stereocenters. The maximum atomic E-state index is 10.8. The van der Waals surface area contributed by atoms with Crippen LogP contribution in [-0.2, 0) is 14.3 Å². The predicted molar refractivity (Wildman–Crippen MR) is 53.8 cm³/mol. The van der Waals surface area contributed by atoms with E-state index in [4.69, 9.17) is 9.47 Å². The van der Waals surface area contributed by atoms with Gasteiger partial charge >= 0.3 is 0 Å². The van der Waals surface area contributed by atoms with Gasteiger partial charge in [-0.2, -0.15) is 0 Å². The lowest BCUT2D eigenvalue weighted by Crippen LogP contribution is -2.30. The summed E-state index contributed by atoms with van der Waals surface area (Å²) in [5.74, 6) is 0.0798.